The fourth-order valence-corrected chi connectivity index (χ4v) is 3.39. The van der Waals surface area contributed by atoms with Gasteiger partial charge in [-0.05, 0) is 0 Å². The summed E-state index contributed by atoms with van der Waals surface area (Å²) in [5.41, 5.74) is 6.06. The van der Waals surface area contributed by atoms with Crippen LogP contribution < -0.4 is 5.73 Å². The highest BCUT2D eigenvalue weighted by Crippen LogP contribution is 2.25. The lowest BCUT2D eigenvalue weighted by atomic mass is 9.98. The number of thioether (sulfide) groups is 1. The zero-order chi connectivity index (χ0) is 13.9. The molecule has 0 spiro atoms. The van der Waals surface area contributed by atoms with Crippen molar-refractivity contribution >= 4 is 29.1 Å². The molecule has 0 unspecified atom stereocenters. The van der Waals surface area contributed by atoms with Crippen molar-refractivity contribution in [2.75, 3.05) is 24.6 Å². The molecule has 0 amide bonds. The quantitative estimate of drug-likeness (QED) is 0.665. The van der Waals surface area contributed by atoms with Crippen molar-refractivity contribution in [3.8, 4) is 0 Å². The highest BCUT2D eigenvalue weighted by atomic mass is 32.2. The second kappa shape index (κ2) is 6.09. The molecule has 1 aromatic rings. The fraction of sp³-hybridized carbons (Fsp3) is 0.750. The van der Waals surface area contributed by atoms with Crippen molar-refractivity contribution in [1.82, 2.24) is 15.1 Å². The Bertz CT molecular complexity index is 443. The van der Waals surface area contributed by atoms with Crippen LogP contribution >= 0.6 is 23.1 Å². The summed E-state index contributed by atoms with van der Waals surface area (Å²) in [6.07, 6.45) is 0. The summed E-state index contributed by atoms with van der Waals surface area (Å²) in [7, 11) is 0. The Kier molecular flexibility index (Phi) is 4.67. The zero-order valence-electron chi connectivity index (χ0n) is 11.7. The molecule has 0 bridgehead atoms. The molecular formula is C12H21N5S2. The van der Waals surface area contributed by atoms with Crippen LogP contribution in [-0.2, 0) is 12.0 Å². The van der Waals surface area contributed by atoms with Gasteiger partial charge < -0.3 is 10.6 Å². The number of aliphatic imine (C=N–C) groups is 1. The lowest BCUT2D eigenvalue weighted by molar-refractivity contribution is 0.455. The van der Waals surface area contributed by atoms with E-state index in [4.69, 9.17) is 5.73 Å². The molecule has 0 radical (unpaired) electrons. The van der Waals surface area contributed by atoms with Crippen LogP contribution in [0.25, 0.3) is 0 Å². The molecule has 2 heterocycles. The molecule has 1 aromatic heterocycles. The normalized spacial score (nSPS) is 17.8. The molecule has 0 saturated carbocycles. The highest BCUT2D eigenvalue weighted by Gasteiger charge is 2.19. The van der Waals surface area contributed by atoms with Crippen molar-refractivity contribution in [3.63, 3.8) is 0 Å². The molecule has 19 heavy (non-hydrogen) atoms. The van der Waals surface area contributed by atoms with Crippen LogP contribution in [0.5, 0.6) is 0 Å². The Labute approximate surface area is 122 Å². The third kappa shape index (κ3) is 4.07. The molecule has 0 aliphatic carbocycles. The van der Waals surface area contributed by atoms with Gasteiger partial charge in [0, 0.05) is 30.0 Å². The van der Waals surface area contributed by atoms with Crippen molar-refractivity contribution in [2.45, 2.75) is 32.7 Å². The van der Waals surface area contributed by atoms with Gasteiger partial charge in [-0.2, -0.15) is 11.8 Å². The summed E-state index contributed by atoms with van der Waals surface area (Å²) in [4.78, 5) is 6.57. The number of nitrogens with two attached hydrogens (primary N) is 1. The van der Waals surface area contributed by atoms with Crippen molar-refractivity contribution < 1.29 is 0 Å². The van der Waals surface area contributed by atoms with Crippen LogP contribution in [-0.4, -0.2) is 45.7 Å². The molecule has 5 nitrogen and oxygen atoms in total. The summed E-state index contributed by atoms with van der Waals surface area (Å²) >= 11 is 3.59. The van der Waals surface area contributed by atoms with E-state index in [1.807, 2.05) is 11.8 Å². The number of hydrogen-bond donors (Lipinski definition) is 1. The van der Waals surface area contributed by atoms with Crippen molar-refractivity contribution in [3.05, 3.63) is 10.0 Å². The third-order valence-corrected chi connectivity index (χ3v) is 5.10. The highest BCUT2D eigenvalue weighted by molar-refractivity contribution is 7.99. The monoisotopic (exact) mass is 299 g/mol. The van der Waals surface area contributed by atoms with E-state index in [9.17, 15) is 0 Å². The maximum absolute atomic E-state index is 6.01. The maximum atomic E-state index is 6.01. The van der Waals surface area contributed by atoms with E-state index in [0.29, 0.717) is 12.5 Å². The lowest BCUT2D eigenvalue weighted by Gasteiger charge is -2.27. The van der Waals surface area contributed by atoms with Crippen molar-refractivity contribution in [2.24, 2.45) is 10.7 Å². The minimum absolute atomic E-state index is 0.0509. The minimum Gasteiger partial charge on any atom is -0.370 e. The van der Waals surface area contributed by atoms with Crippen LogP contribution in [0.1, 0.15) is 30.8 Å². The second-order valence-electron chi connectivity index (χ2n) is 5.52. The largest absolute Gasteiger partial charge is 0.370 e. The summed E-state index contributed by atoms with van der Waals surface area (Å²) in [5.74, 6) is 2.89. The van der Waals surface area contributed by atoms with Crippen LogP contribution in [0.2, 0.25) is 0 Å². The Morgan fingerprint density at radius 3 is 2.58 bits per heavy atom. The van der Waals surface area contributed by atoms with E-state index >= 15 is 0 Å². The van der Waals surface area contributed by atoms with Crippen molar-refractivity contribution in [1.29, 1.82) is 0 Å². The van der Waals surface area contributed by atoms with Gasteiger partial charge in [0.2, 0.25) is 0 Å². The van der Waals surface area contributed by atoms with Gasteiger partial charge in [0.1, 0.15) is 10.0 Å². The Hall–Kier alpha value is -0.820. The van der Waals surface area contributed by atoms with Gasteiger partial charge in [-0.3, -0.25) is 0 Å². The van der Waals surface area contributed by atoms with E-state index in [-0.39, 0.29) is 5.41 Å². The minimum atomic E-state index is 0.0509. The van der Waals surface area contributed by atoms with Gasteiger partial charge in [0.25, 0.3) is 0 Å². The van der Waals surface area contributed by atoms with E-state index in [2.05, 4.69) is 40.9 Å². The van der Waals surface area contributed by atoms with Crippen LogP contribution in [0.4, 0.5) is 0 Å². The predicted molar refractivity (Wildman–Crippen MR) is 82.8 cm³/mol. The van der Waals surface area contributed by atoms with Gasteiger partial charge in [-0.1, -0.05) is 32.1 Å². The van der Waals surface area contributed by atoms with E-state index in [1.54, 1.807) is 11.3 Å². The first kappa shape index (κ1) is 14.6. The Balaban J connectivity index is 1.95. The van der Waals surface area contributed by atoms with Crippen LogP contribution in [0, 0.1) is 0 Å². The van der Waals surface area contributed by atoms with Crippen LogP contribution in [0.3, 0.4) is 0 Å². The SMILES string of the molecule is CC(C)(C)c1nnc(CN=C(N)N2CCSCC2)s1. The molecule has 7 heteroatoms. The average Bonchev–Trinajstić information content (AvgIpc) is 2.86. The molecule has 1 fully saturated rings. The molecule has 2 N–H and O–H groups in total. The molecule has 2 rings (SSSR count). The van der Waals surface area contributed by atoms with Crippen LogP contribution in [0.15, 0.2) is 4.99 Å². The first-order valence-electron chi connectivity index (χ1n) is 6.42. The third-order valence-electron chi connectivity index (χ3n) is 2.82. The Morgan fingerprint density at radius 2 is 2.00 bits per heavy atom. The summed E-state index contributed by atoms with van der Waals surface area (Å²) in [6.45, 7) is 8.93. The first-order chi connectivity index (χ1) is 8.97. The Morgan fingerprint density at radius 1 is 1.32 bits per heavy atom. The summed E-state index contributed by atoms with van der Waals surface area (Å²) < 4.78 is 0. The number of aromatic nitrogens is 2. The summed E-state index contributed by atoms with van der Waals surface area (Å²) in [5, 5.41) is 10.4. The number of hydrogen-bond acceptors (Lipinski definition) is 5. The van der Waals surface area contributed by atoms with E-state index in [0.717, 1.165) is 34.6 Å². The molecule has 1 saturated heterocycles. The predicted octanol–water partition coefficient (Wildman–Crippen LogP) is 1.70. The molecule has 1 aliphatic heterocycles. The average molecular weight is 299 g/mol. The fourth-order valence-electron chi connectivity index (χ4n) is 1.66. The number of nitrogens with zero attached hydrogens (tertiary/aromatic N) is 4. The van der Waals surface area contributed by atoms with E-state index in [1.165, 1.54) is 0 Å². The van der Waals surface area contributed by atoms with Gasteiger partial charge in [-0.25, -0.2) is 4.99 Å². The maximum Gasteiger partial charge on any atom is 0.191 e. The standard InChI is InChI=1S/C12H21N5S2/c1-12(2,3)10-16-15-9(19-10)8-14-11(13)17-4-6-18-7-5-17/h4-8H2,1-3H3,(H2,13,14). The summed E-state index contributed by atoms with van der Waals surface area (Å²) in [6, 6.07) is 0. The smallest absolute Gasteiger partial charge is 0.191 e. The van der Waals surface area contributed by atoms with Gasteiger partial charge in [0.15, 0.2) is 5.96 Å². The molecule has 1 aliphatic rings. The topological polar surface area (TPSA) is 67.4 Å². The molecule has 0 aromatic carbocycles. The number of guanidine groups is 1. The molecular weight excluding hydrogens is 278 g/mol. The molecule has 106 valence electrons. The molecule has 0 atom stereocenters. The second-order valence-corrected chi connectivity index (χ2v) is 7.81. The van der Waals surface area contributed by atoms with Gasteiger partial charge in [-0.15, -0.1) is 10.2 Å². The van der Waals surface area contributed by atoms with Gasteiger partial charge in [0.05, 0.1) is 6.54 Å². The number of rotatable bonds is 2. The van der Waals surface area contributed by atoms with Gasteiger partial charge >= 0.3 is 0 Å². The lowest BCUT2D eigenvalue weighted by Crippen LogP contribution is -2.42. The zero-order valence-corrected chi connectivity index (χ0v) is 13.4. The first-order valence-corrected chi connectivity index (χ1v) is 8.39. The van der Waals surface area contributed by atoms with E-state index < -0.39 is 0 Å².